The second-order valence-corrected chi connectivity index (χ2v) is 9.49. The predicted octanol–water partition coefficient (Wildman–Crippen LogP) is 2.99. The van der Waals surface area contributed by atoms with E-state index in [1.54, 1.807) is 7.11 Å². The fraction of sp³-hybridized carbons (Fsp3) is 0.615. The van der Waals surface area contributed by atoms with Gasteiger partial charge in [-0.3, -0.25) is 4.90 Å². The zero-order valence-electron chi connectivity index (χ0n) is 20.9. The van der Waals surface area contributed by atoms with Crippen molar-refractivity contribution in [3.8, 4) is 0 Å². The number of rotatable bonds is 11. The molecule has 1 aliphatic rings. The smallest absolute Gasteiger partial charge is 0.136 e. The molecule has 0 radical (unpaired) electrons. The molecule has 1 aliphatic heterocycles. The van der Waals surface area contributed by atoms with E-state index in [2.05, 4.69) is 54.8 Å². The van der Waals surface area contributed by atoms with Crippen molar-refractivity contribution in [3.63, 3.8) is 0 Å². The van der Waals surface area contributed by atoms with E-state index in [0.29, 0.717) is 32.3 Å². The Hall–Kier alpha value is -2.06. The Labute approximate surface area is 198 Å². The summed E-state index contributed by atoms with van der Waals surface area (Å²) in [6, 6.07) is 8.60. The zero-order chi connectivity index (χ0) is 23.8. The molecule has 0 aliphatic carbocycles. The first-order valence-electron chi connectivity index (χ1n) is 12.0. The minimum absolute atomic E-state index is 0.393. The van der Waals surface area contributed by atoms with Crippen molar-refractivity contribution in [2.24, 2.45) is 5.92 Å². The van der Waals surface area contributed by atoms with Crippen LogP contribution in [0.25, 0.3) is 0 Å². The lowest BCUT2D eigenvalue weighted by Gasteiger charge is -2.37. The van der Waals surface area contributed by atoms with E-state index < -0.39 is 6.10 Å². The number of aromatic nitrogens is 2. The number of anilines is 1. The van der Waals surface area contributed by atoms with E-state index in [4.69, 9.17) is 19.4 Å². The molecule has 7 nitrogen and oxygen atoms in total. The highest BCUT2D eigenvalue weighted by Gasteiger charge is 2.24. The Balaban J connectivity index is 1.70. The molecule has 2 heterocycles. The molecule has 1 saturated heterocycles. The number of aliphatic hydroxyl groups is 1. The molecule has 0 bridgehead atoms. The van der Waals surface area contributed by atoms with Gasteiger partial charge in [0.2, 0.25) is 0 Å². The topological polar surface area (TPSA) is 71.0 Å². The van der Waals surface area contributed by atoms with E-state index in [-0.39, 0.29) is 0 Å². The molecule has 1 N–H and O–H groups in total. The number of hydrogen-bond donors (Lipinski definition) is 1. The number of methoxy groups -OCH3 is 1. The van der Waals surface area contributed by atoms with E-state index >= 15 is 0 Å². The lowest BCUT2D eigenvalue weighted by Crippen LogP contribution is -2.49. The van der Waals surface area contributed by atoms with Crippen LogP contribution in [-0.2, 0) is 22.5 Å². The van der Waals surface area contributed by atoms with E-state index in [1.165, 1.54) is 11.1 Å². The summed E-state index contributed by atoms with van der Waals surface area (Å²) in [7, 11) is 1.71. The Morgan fingerprint density at radius 3 is 2.48 bits per heavy atom. The summed E-state index contributed by atoms with van der Waals surface area (Å²) in [5.41, 5.74) is 4.61. The maximum Gasteiger partial charge on any atom is 0.136 e. The van der Waals surface area contributed by atoms with E-state index in [9.17, 15) is 5.11 Å². The van der Waals surface area contributed by atoms with Gasteiger partial charge in [-0.1, -0.05) is 43.7 Å². The monoisotopic (exact) mass is 456 g/mol. The van der Waals surface area contributed by atoms with Crippen molar-refractivity contribution in [2.45, 2.75) is 46.8 Å². The van der Waals surface area contributed by atoms with Gasteiger partial charge in [0, 0.05) is 58.4 Å². The van der Waals surface area contributed by atoms with Crippen LogP contribution in [0.3, 0.4) is 0 Å². The van der Waals surface area contributed by atoms with E-state index in [0.717, 1.165) is 55.5 Å². The van der Waals surface area contributed by atoms with Crippen molar-refractivity contribution in [3.05, 3.63) is 52.5 Å². The molecule has 2 aromatic rings. The van der Waals surface area contributed by atoms with Gasteiger partial charge in [0.05, 0.1) is 25.0 Å². The molecule has 1 unspecified atom stereocenters. The molecule has 1 aromatic heterocycles. The van der Waals surface area contributed by atoms with Crippen molar-refractivity contribution >= 4 is 5.82 Å². The number of hydrogen-bond acceptors (Lipinski definition) is 7. The first kappa shape index (κ1) is 25.6. The van der Waals surface area contributed by atoms with Gasteiger partial charge in [-0.05, 0) is 25.3 Å². The van der Waals surface area contributed by atoms with Crippen molar-refractivity contribution in [1.29, 1.82) is 0 Å². The summed E-state index contributed by atoms with van der Waals surface area (Å²) in [5, 5.41) is 10.3. The molecule has 1 fully saturated rings. The van der Waals surface area contributed by atoms with Crippen LogP contribution in [0.4, 0.5) is 5.82 Å². The Kier molecular flexibility index (Phi) is 9.62. The third kappa shape index (κ3) is 7.74. The fourth-order valence-electron chi connectivity index (χ4n) is 4.30. The van der Waals surface area contributed by atoms with E-state index in [1.807, 2.05) is 6.92 Å². The molecule has 3 rings (SSSR count). The van der Waals surface area contributed by atoms with Crippen molar-refractivity contribution in [1.82, 2.24) is 14.9 Å². The molecule has 0 saturated carbocycles. The third-order valence-corrected chi connectivity index (χ3v) is 5.83. The fourth-order valence-corrected chi connectivity index (χ4v) is 4.30. The summed E-state index contributed by atoms with van der Waals surface area (Å²) >= 11 is 0. The van der Waals surface area contributed by atoms with Crippen LogP contribution in [0.5, 0.6) is 0 Å². The first-order valence-corrected chi connectivity index (χ1v) is 12.0. The maximum absolute atomic E-state index is 10.3. The van der Waals surface area contributed by atoms with Gasteiger partial charge >= 0.3 is 0 Å². The molecule has 1 atom stereocenters. The van der Waals surface area contributed by atoms with Gasteiger partial charge in [0.15, 0.2) is 0 Å². The van der Waals surface area contributed by atoms with Crippen LogP contribution in [0.2, 0.25) is 0 Å². The molecule has 0 spiro atoms. The standard InChI is InChI=1S/C26H40N4O3/c1-19(2)16-33-17-23(31)15-29-9-11-30(12-10-29)26-24(14-22-8-6-7-20(3)13-22)25(18-32-5)27-21(4)28-26/h6-8,13,19,23,31H,9-12,14-18H2,1-5H3. The normalized spacial score (nSPS) is 15.9. The van der Waals surface area contributed by atoms with Gasteiger partial charge in [-0.2, -0.15) is 0 Å². The summed E-state index contributed by atoms with van der Waals surface area (Å²) in [6.45, 7) is 14.0. The Morgan fingerprint density at radius 2 is 1.82 bits per heavy atom. The van der Waals surface area contributed by atoms with Crippen LogP contribution >= 0.6 is 0 Å². The average molecular weight is 457 g/mol. The summed E-state index contributed by atoms with van der Waals surface area (Å²) in [4.78, 5) is 14.3. The predicted molar refractivity (Wildman–Crippen MR) is 132 cm³/mol. The number of β-amino-alcohol motifs (C(OH)–C–C–N with tert-alkyl or cyclic N) is 1. The molecule has 7 heteroatoms. The Bertz CT molecular complexity index is 882. The highest BCUT2D eigenvalue weighted by molar-refractivity contribution is 5.52. The van der Waals surface area contributed by atoms with Crippen LogP contribution < -0.4 is 4.90 Å². The lowest BCUT2D eigenvalue weighted by atomic mass is 10.0. The summed E-state index contributed by atoms with van der Waals surface area (Å²) in [6.07, 6.45) is 0.323. The molecule has 0 amide bonds. The third-order valence-electron chi connectivity index (χ3n) is 5.83. The maximum atomic E-state index is 10.3. The van der Waals surface area contributed by atoms with Gasteiger partial charge < -0.3 is 19.5 Å². The molecule has 182 valence electrons. The van der Waals surface area contributed by atoms with Crippen molar-refractivity contribution < 1.29 is 14.6 Å². The molecule has 1 aromatic carbocycles. The highest BCUT2D eigenvalue weighted by atomic mass is 16.5. The molecular weight excluding hydrogens is 416 g/mol. The SMILES string of the molecule is COCc1nc(C)nc(N2CCN(CC(O)COCC(C)C)CC2)c1Cc1cccc(C)c1. The summed E-state index contributed by atoms with van der Waals surface area (Å²) < 4.78 is 11.1. The average Bonchev–Trinajstić information content (AvgIpc) is 2.76. The summed E-state index contributed by atoms with van der Waals surface area (Å²) in [5.74, 6) is 2.26. The number of piperazine rings is 1. The number of ether oxygens (including phenoxy) is 2. The number of aryl methyl sites for hydroxylation is 2. The number of aliphatic hydroxyl groups excluding tert-OH is 1. The highest BCUT2D eigenvalue weighted by Crippen LogP contribution is 2.26. The van der Waals surface area contributed by atoms with Crippen LogP contribution in [0.15, 0.2) is 24.3 Å². The minimum Gasteiger partial charge on any atom is -0.389 e. The van der Waals surface area contributed by atoms with Gasteiger partial charge in [0.25, 0.3) is 0 Å². The van der Waals surface area contributed by atoms with Crippen molar-refractivity contribution in [2.75, 3.05) is 57.9 Å². The number of benzene rings is 1. The second kappa shape index (κ2) is 12.4. The quantitative estimate of drug-likeness (QED) is 0.557. The van der Waals surface area contributed by atoms with Crippen LogP contribution in [0, 0.1) is 19.8 Å². The number of nitrogens with zero attached hydrogens (tertiary/aromatic N) is 4. The van der Waals surface area contributed by atoms with Gasteiger partial charge in [-0.25, -0.2) is 9.97 Å². The molecule has 33 heavy (non-hydrogen) atoms. The van der Waals surface area contributed by atoms with Gasteiger partial charge in [0.1, 0.15) is 11.6 Å². The second-order valence-electron chi connectivity index (χ2n) is 9.49. The molecular formula is C26H40N4O3. The largest absolute Gasteiger partial charge is 0.389 e. The minimum atomic E-state index is -0.457. The Morgan fingerprint density at radius 1 is 1.06 bits per heavy atom. The lowest BCUT2D eigenvalue weighted by molar-refractivity contribution is 0.00745. The zero-order valence-corrected chi connectivity index (χ0v) is 20.9. The first-order chi connectivity index (χ1) is 15.9. The van der Waals surface area contributed by atoms with Crippen LogP contribution in [-0.4, -0.2) is 79.1 Å². The van der Waals surface area contributed by atoms with Gasteiger partial charge in [-0.15, -0.1) is 0 Å². The van der Waals surface area contributed by atoms with Crippen LogP contribution in [0.1, 0.15) is 42.1 Å².